The van der Waals surface area contributed by atoms with Crippen LogP contribution < -0.4 is 11.1 Å². The number of ether oxygens (including phenoxy) is 1. The molecule has 5 heteroatoms. The molecule has 1 aliphatic rings. The minimum atomic E-state index is -0.126. The molecule has 0 spiro atoms. The number of carbonyl (C=O) groups excluding carboxylic acids is 1. The lowest BCUT2D eigenvalue weighted by molar-refractivity contribution is -0.126. The van der Waals surface area contributed by atoms with E-state index in [0.29, 0.717) is 19.2 Å². The number of amides is 1. The third kappa shape index (κ3) is 4.47. The number of methoxy groups -OCH3 is 1. The van der Waals surface area contributed by atoms with Crippen molar-refractivity contribution in [3.05, 3.63) is 0 Å². The van der Waals surface area contributed by atoms with Gasteiger partial charge in [0.2, 0.25) is 5.91 Å². The van der Waals surface area contributed by atoms with Crippen molar-refractivity contribution in [2.45, 2.75) is 31.8 Å². The molecule has 3 N–H and O–H groups in total. The number of hydrogen-bond donors (Lipinski definition) is 2. The van der Waals surface area contributed by atoms with Gasteiger partial charge in [-0.3, -0.25) is 9.69 Å². The highest BCUT2D eigenvalue weighted by Gasteiger charge is 2.27. The summed E-state index contributed by atoms with van der Waals surface area (Å²) in [4.78, 5) is 13.9. The quantitative estimate of drug-likeness (QED) is 0.592. The van der Waals surface area contributed by atoms with Gasteiger partial charge in [-0.2, -0.15) is 0 Å². The van der Waals surface area contributed by atoms with Gasteiger partial charge in [0.15, 0.2) is 0 Å². The van der Waals surface area contributed by atoms with E-state index < -0.39 is 0 Å². The smallest absolute Gasteiger partial charge is 0.237 e. The molecule has 5 nitrogen and oxygen atoms in total. The second-order valence-corrected chi connectivity index (χ2v) is 4.28. The van der Waals surface area contributed by atoms with Gasteiger partial charge in [-0.1, -0.05) is 0 Å². The molecule has 94 valence electrons. The van der Waals surface area contributed by atoms with Crippen molar-refractivity contribution in [3.8, 4) is 0 Å². The Labute approximate surface area is 97.3 Å². The van der Waals surface area contributed by atoms with Crippen LogP contribution in [0.15, 0.2) is 0 Å². The lowest BCUT2D eigenvalue weighted by atomic mass is 10.2. The van der Waals surface area contributed by atoms with Crippen LogP contribution in [0.25, 0.3) is 0 Å². The van der Waals surface area contributed by atoms with Gasteiger partial charge in [0.1, 0.15) is 0 Å². The lowest BCUT2D eigenvalue weighted by Crippen LogP contribution is -2.48. The maximum atomic E-state index is 11.8. The first-order chi connectivity index (χ1) is 7.69. The largest absolute Gasteiger partial charge is 0.383 e. The average Bonchev–Trinajstić information content (AvgIpc) is 3.07. The van der Waals surface area contributed by atoms with Crippen LogP contribution in [0.1, 0.15) is 19.8 Å². The monoisotopic (exact) mass is 229 g/mol. The van der Waals surface area contributed by atoms with Gasteiger partial charge < -0.3 is 15.8 Å². The van der Waals surface area contributed by atoms with Gasteiger partial charge in [-0.25, -0.2) is 0 Å². The highest BCUT2D eigenvalue weighted by molar-refractivity contribution is 5.81. The molecular formula is C11H23N3O2. The number of nitrogens with one attached hydrogen (secondary N) is 1. The zero-order valence-corrected chi connectivity index (χ0v) is 10.2. The number of hydrogen-bond acceptors (Lipinski definition) is 4. The topological polar surface area (TPSA) is 67.6 Å². The lowest BCUT2D eigenvalue weighted by Gasteiger charge is -2.27. The highest BCUT2D eigenvalue weighted by atomic mass is 16.5. The summed E-state index contributed by atoms with van der Waals surface area (Å²) in [6.07, 6.45) is 2.24. The Bertz CT molecular complexity index is 219. The van der Waals surface area contributed by atoms with Crippen LogP contribution in [0.5, 0.6) is 0 Å². The maximum absolute atomic E-state index is 11.8. The predicted molar refractivity (Wildman–Crippen MR) is 63.1 cm³/mol. The van der Waals surface area contributed by atoms with E-state index in [-0.39, 0.29) is 11.9 Å². The van der Waals surface area contributed by atoms with Gasteiger partial charge in [-0.05, 0) is 19.8 Å². The van der Waals surface area contributed by atoms with E-state index in [9.17, 15) is 4.79 Å². The van der Waals surface area contributed by atoms with Crippen LogP contribution in [0.3, 0.4) is 0 Å². The molecule has 1 rings (SSSR count). The fourth-order valence-electron chi connectivity index (χ4n) is 1.59. The van der Waals surface area contributed by atoms with Crippen LogP contribution in [-0.2, 0) is 9.53 Å². The number of nitrogens with zero attached hydrogens (tertiary/aromatic N) is 1. The van der Waals surface area contributed by atoms with Crippen molar-refractivity contribution >= 4 is 5.91 Å². The fourth-order valence-corrected chi connectivity index (χ4v) is 1.59. The van der Waals surface area contributed by atoms with Gasteiger partial charge in [0, 0.05) is 32.8 Å². The standard InChI is InChI=1S/C11H23N3O2/c1-9(11(15)13-10-3-4-10)14(6-5-12)7-8-16-2/h9-10H,3-8,12H2,1-2H3,(H,13,15). The molecule has 0 saturated heterocycles. The molecule has 16 heavy (non-hydrogen) atoms. The first kappa shape index (κ1) is 13.4. The van der Waals surface area contributed by atoms with E-state index >= 15 is 0 Å². The van der Waals surface area contributed by atoms with Crippen molar-refractivity contribution < 1.29 is 9.53 Å². The molecule has 1 saturated carbocycles. The molecular weight excluding hydrogens is 206 g/mol. The normalized spacial score (nSPS) is 17.5. The molecule has 1 atom stereocenters. The Balaban J connectivity index is 2.36. The molecule has 0 radical (unpaired) electrons. The Morgan fingerprint density at radius 3 is 2.75 bits per heavy atom. The van der Waals surface area contributed by atoms with Crippen molar-refractivity contribution in [2.75, 3.05) is 33.4 Å². The molecule has 1 unspecified atom stereocenters. The summed E-state index contributed by atoms with van der Waals surface area (Å²) in [5.74, 6) is 0.104. The van der Waals surface area contributed by atoms with Crippen LogP contribution in [0, 0.1) is 0 Å². The van der Waals surface area contributed by atoms with Crippen molar-refractivity contribution in [2.24, 2.45) is 5.73 Å². The molecule has 0 aromatic carbocycles. The van der Waals surface area contributed by atoms with Gasteiger partial charge >= 0.3 is 0 Å². The molecule has 1 fully saturated rings. The third-order valence-electron chi connectivity index (χ3n) is 2.85. The fraction of sp³-hybridized carbons (Fsp3) is 0.909. The van der Waals surface area contributed by atoms with E-state index in [1.165, 1.54) is 0 Å². The summed E-state index contributed by atoms with van der Waals surface area (Å²) in [6.45, 7) is 4.57. The summed E-state index contributed by atoms with van der Waals surface area (Å²) in [7, 11) is 1.66. The second kappa shape index (κ2) is 6.83. The van der Waals surface area contributed by atoms with E-state index in [4.69, 9.17) is 10.5 Å². The predicted octanol–water partition coefficient (Wildman–Crippen LogP) is -0.439. The van der Waals surface area contributed by atoms with E-state index in [0.717, 1.165) is 25.9 Å². The van der Waals surface area contributed by atoms with E-state index in [1.54, 1.807) is 7.11 Å². The van der Waals surface area contributed by atoms with E-state index in [1.807, 2.05) is 6.92 Å². The molecule has 0 aliphatic heterocycles. The Morgan fingerprint density at radius 1 is 1.56 bits per heavy atom. The Morgan fingerprint density at radius 2 is 2.25 bits per heavy atom. The summed E-state index contributed by atoms with van der Waals surface area (Å²) >= 11 is 0. The summed E-state index contributed by atoms with van der Waals surface area (Å²) in [5, 5.41) is 3.01. The minimum Gasteiger partial charge on any atom is -0.383 e. The molecule has 0 bridgehead atoms. The molecule has 0 aromatic heterocycles. The maximum Gasteiger partial charge on any atom is 0.237 e. The van der Waals surface area contributed by atoms with Crippen LogP contribution in [-0.4, -0.2) is 56.2 Å². The molecule has 1 aliphatic carbocycles. The Hall–Kier alpha value is -0.650. The minimum absolute atomic E-state index is 0.104. The van der Waals surface area contributed by atoms with Crippen molar-refractivity contribution in [1.29, 1.82) is 0 Å². The number of rotatable bonds is 8. The van der Waals surface area contributed by atoms with E-state index in [2.05, 4.69) is 10.2 Å². The Kier molecular flexibility index (Phi) is 5.73. The average molecular weight is 229 g/mol. The summed E-state index contributed by atoms with van der Waals surface area (Å²) in [5.41, 5.74) is 5.54. The number of nitrogens with two attached hydrogens (primary N) is 1. The van der Waals surface area contributed by atoms with Crippen LogP contribution in [0.2, 0.25) is 0 Å². The zero-order chi connectivity index (χ0) is 12.0. The first-order valence-electron chi connectivity index (χ1n) is 5.92. The van der Waals surface area contributed by atoms with Crippen molar-refractivity contribution in [1.82, 2.24) is 10.2 Å². The van der Waals surface area contributed by atoms with Gasteiger partial charge in [-0.15, -0.1) is 0 Å². The number of carbonyl (C=O) groups is 1. The second-order valence-electron chi connectivity index (χ2n) is 4.28. The highest BCUT2D eigenvalue weighted by Crippen LogP contribution is 2.19. The van der Waals surface area contributed by atoms with Gasteiger partial charge in [0.05, 0.1) is 12.6 Å². The molecule has 0 heterocycles. The zero-order valence-electron chi connectivity index (χ0n) is 10.2. The SMILES string of the molecule is COCCN(CCN)C(C)C(=O)NC1CC1. The van der Waals surface area contributed by atoms with Crippen LogP contribution in [0.4, 0.5) is 0 Å². The summed E-state index contributed by atoms with van der Waals surface area (Å²) in [6, 6.07) is 0.288. The summed E-state index contributed by atoms with van der Waals surface area (Å²) < 4.78 is 5.03. The molecule has 0 aromatic rings. The first-order valence-corrected chi connectivity index (χ1v) is 5.92. The van der Waals surface area contributed by atoms with Crippen molar-refractivity contribution in [3.63, 3.8) is 0 Å². The van der Waals surface area contributed by atoms with Gasteiger partial charge in [0.25, 0.3) is 0 Å². The molecule has 1 amide bonds. The third-order valence-corrected chi connectivity index (χ3v) is 2.85. The van der Waals surface area contributed by atoms with Crippen LogP contribution >= 0.6 is 0 Å².